The predicted molar refractivity (Wildman–Crippen MR) is 116 cm³/mol. The molecule has 0 fully saturated rings. The van der Waals surface area contributed by atoms with Gasteiger partial charge in [0.05, 0.1) is 30.5 Å². The Morgan fingerprint density at radius 1 is 1.03 bits per heavy atom. The van der Waals surface area contributed by atoms with Crippen LogP contribution in [0.2, 0.25) is 0 Å². The van der Waals surface area contributed by atoms with E-state index >= 15 is 0 Å². The molecule has 0 radical (unpaired) electrons. The lowest BCUT2D eigenvalue weighted by Crippen LogP contribution is -2.39. The van der Waals surface area contributed by atoms with Gasteiger partial charge in [0.25, 0.3) is 5.69 Å². The van der Waals surface area contributed by atoms with E-state index in [0.717, 1.165) is 22.3 Å². The molecule has 1 atom stereocenters. The largest absolute Gasteiger partial charge is 0.481 e. The van der Waals surface area contributed by atoms with Gasteiger partial charge in [-0.05, 0) is 27.8 Å². The molecule has 0 aliphatic heterocycles. The summed E-state index contributed by atoms with van der Waals surface area (Å²) in [6.45, 7) is 0. The fraction of sp³-hybridized carbons (Fsp3) is 0.167. The number of carbonyl (C=O) groups excluding carboxylic acids is 1. The number of nitro groups is 1. The monoisotopic (exact) mass is 432 g/mol. The summed E-state index contributed by atoms with van der Waals surface area (Å²) in [7, 11) is 1.23. The van der Waals surface area contributed by atoms with Crippen LogP contribution < -0.4 is 0 Å². The van der Waals surface area contributed by atoms with Crippen LogP contribution in [0.4, 0.5) is 10.5 Å². The van der Waals surface area contributed by atoms with Crippen LogP contribution >= 0.6 is 0 Å². The molecule has 0 unspecified atom stereocenters. The summed E-state index contributed by atoms with van der Waals surface area (Å²) in [6.07, 6.45) is -1.17. The molecule has 1 aliphatic rings. The summed E-state index contributed by atoms with van der Waals surface area (Å²) in [6, 6.07) is 19.3. The Bertz CT molecular complexity index is 1160. The second kappa shape index (κ2) is 8.50. The number of carboxylic acids is 1. The number of hydrogen-bond donors (Lipinski definition) is 1. The van der Waals surface area contributed by atoms with E-state index in [1.165, 1.54) is 30.2 Å². The molecule has 8 heteroatoms. The smallest absolute Gasteiger partial charge is 0.410 e. The number of nitrogens with zero attached hydrogens (tertiary/aromatic N) is 2. The molecule has 0 saturated carbocycles. The van der Waals surface area contributed by atoms with Gasteiger partial charge >= 0.3 is 12.1 Å². The zero-order chi connectivity index (χ0) is 22.8. The summed E-state index contributed by atoms with van der Waals surface area (Å²) in [5, 5.41) is 21.0. The Labute approximate surface area is 183 Å². The number of hydrogen-bond acceptors (Lipinski definition) is 5. The van der Waals surface area contributed by atoms with Crippen LogP contribution in [0.5, 0.6) is 0 Å². The molecule has 1 N–H and O–H groups in total. The molecule has 1 aliphatic carbocycles. The van der Waals surface area contributed by atoms with Gasteiger partial charge in [0.1, 0.15) is 0 Å². The highest BCUT2D eigenvalue weighted by Crippen LogP contribution is 2.49. The number of carbonyl (C=O) groups is 2. The minimum Gasteiger partial charge on any atom is -0.481 e. The molecular weight excluding hydrogens is 412 g/mol. The molecule has 162 valence electrons. The van der Waals surface area contributed by atoms with E-state index in [-0.39, 0.29) is 5.69 Å². The second-order valence-electron chi connectivity index (χ2n) is 7.42. The first-order valence-electron chi connectivity index (χ1n) is 9.93. The zero-order valence-corrected chi connectivity index (χ0v) is 17.2. The second-order valence-corrected chi connectivity index (χ2v) is 7.42. The van der Waals surface area contributed by atoms with Crippen molar-refractivity contribution in [1.29, 1.82) is 0 Å². The van der Waals surface area contributed by atoms with Gasteiger partial charge in [-0.3, -0.25) is 19.8 Å². The number of fused-ring (bicyclic) bond motifs is 3. The number of non-ortho nitro benzene ring substituents is 1. The third kappa shape index (κ3) is 3.66. The van der Waals surface area contributed by atoms with Crippen molar-refractivity contribution in [2.24, 2.45) is 0 Å². The molecular formula is C24H20N2O6. The molecule has 0 aromatic heterocycles. The van der Waals surface area contributed by atoms with Gasteiger partial charge in [-0.15, -0.1) is 0 Å². The fourth-order valence-electron chi connectivity index (χ4n) is 4.33. The van der Waals surface area contributed by atoms with Crippen molar-refractivity contribution in [3.63, 3.8) is 0 Å². The van der Waals surface area contributed by atoms with Crippen molar-refractivity contribution in [3.8, 4) is 11.1 Å². The van der Waals surface area contributed by atoms with Gasteiger partial charge in [-0.25, -0.2) is 4.79 Å². The normalized spacial score (nSPS) is 13.0. The van der Waals surface area contributed by atoms with Crippen molar-refractivity contribution in [1.82, 2.24) is 4.90 Å². The highest BCUT2D eigenvalue weighted by Gasteiger charge is 2.41. The molecule has 0 saturated heterocycles. The summed E-state index contributed by atoms with van der Waals surface area (Å²) in [5.74, 6) is -1.14. The molecule has 8 nitrogen and oxygen atoms in total. The lowest BCUT2D eigenvalue weighted by atomic mass is 9.96. The maximum atomic E-state index is 13.1. The van der Waals surface area contributed by atoms with Gasteiger partial charge < -0.3 is 9.84 Å². The number of methoxy groups -OCH3 is 1. The number of rotatable bonds is 6. The fourth-order valence-corrected chi connectivity index (χ4v) is 4.33. The van der Waals surface area contributed by atoms with Crippen molar-refractivity contribution in [2.75, 3.05) is 7.11 Å². The minimum atomic E-state index is -1.14. The summed E-state index contributed by atoms with van der Waals surface area (Å²) >= 11 is 0. The molecule has 4 rings (SSSR count). The lowest BCUT2D eigenvalue weighted by molar-refractivity contribution is -0.385. The first-order valence-corrected chi connectivity index (χ1v) is 9.93. The van der Waals surface area contributed by atoms with E-state index in [0.29, 0.717) is 5.56 Å². The first kappa shape index (κ1) is 21.0. The molecule has 3 aromatic rings. The number of ether oxygens (including phenoxy) is 1. The van der Waals surface area contributed by atoms with E-state index in [1.54, 1.807) is 6.07 Å². The van der Waals surface area contributed by atoms with Gasteiger partial charge in [0.15, 0.2) is 0 Å². The van der Waals surface area contributed by atoms with Crippen LogP contribution in [-0.4, -0.2) is 34.1 Å². The minimum absolute atomic E-state index is 0.185. The number of carboxylic acid groups (broad SMARTS) is 1. The van der Waals surface area contributed by atoms with E-state index in [1.807, 2.05) is 48.5 Å². The van der Waals surface area contributed by atoms with Crippen molar-refractivity contribution < 1.29 is 24.4 Å². The zero-order valence-electron chi connectivity index (χ0n) is 17.2. The molecule has 0 heterocycles. The molecule has 3 aromatic carbocycles. The van der Waals surface area contributed by atoms with Crippen molar-refractivity contribution >= 4 is 17.7 Å². The number of amides is 1. The number of nitro benzene ring substituents is 1. The number of benzene rings is 3. The van der Waals surface area contributed by atoms with E-state index in [9.17, 15) is 24.8 Å². The van der Waals surface area contributed by atoms with E-state index < -0.39 is 35.5 Å². The number of aliphatic carboxylic acids is 1. The lowest BCUT2D eigenvalue weighted by Gasteiger charge is -2.36. The quantitative estimate of drug-likeness (QED) is 0.436. The molecule has 1 amide bonds. The Kier molecular flexibility index (Phi) is 5.59. The summed E-state index contributed by atoms with van der Waals surface area (Å²) in [4.78, 5) is 37.1. The van der Waals surface area contributed by atoms with Crippen LogP contribution in [-0.2, 0) is 9.53 Å². The van der Waals surface area contributed by atoms with Crippen LogP contribution in [0.3, 0.4) is 0 Å². The topological polar surface area (TPSA) is 110 Å². The van der Waals surface area contributed by atoms with Crippen LogP contribution in [0.1, 0.15) is 35.2 Å². The summed E-state index contributed by atoms with van der Waals surface area (Å²) in [5.41, 5.74) is 3.70. The van der Waals surface area contributed by atoms with Gasteiger partial charge in [-0.2, -0.15) is 0 Å². The van der Waals surface area contributed by atoms with Crippen LogP contribution in [0.25, 0.3) is 11.1 Å². The molecule has 32 heavy (non-hydrogen) atoms. The average molecular weight is 432 g/mol. The Balaban J connectivity index is 1.92. The highest BCUT2D eigenvalue weighted by atomic mass is 16.6. The van der Waals surface area contributed by atoms with E-state index in [4.69, 9.17) is 4.74 Å². The SMILES string of the molecule is COC(=O)N(C1c2ccccc2-c2ccccc21)[C@@H](CC(=O)O)c1cccc([N+](=O)[O-])c1. The average Bonchev–Trinajstić information content (AvgIpc) is 3.13. The maximum Gasteiger partial charge on any atom is 0.410 e. The van der Waals surface area contributed by atoms with Crippen LogP contribution in [0.15, 0.2) is 72.8 Å². The van der Waals surface area contributed by atoms with Gasteiger partial charge in [0.2, 0.25) is 0 Å². The van der Waals surface area contributed by atoms with Gasteiger partial charge in [0, 0.05) is 12.1 Å². The van der Waals surface area contributed by atoms with Crippen LogP contribution in [0, 0.1) is 10.1 Å². The highest BCUT2D eigenvalue weighted by molar-refractivity contribution is 5.82. The Morgan fingerprint density at radius 3 is 2.16 bits per heavy atom. The Morgan fingerprint density at radius 2 is 1.62 bits per heavy atom. The third-order valence-electron chi connectivity index (χ3n) is 5.63. The molecule has 0 spiro atoms. The summed E-state index contributed by atoms with van der Waals surface area (Å²) < 4.78 is 5.08. The Hall–Kier alpha value is -4.20. The first-order chi connectivity index (χ1) is 15.4. The standard InChI is InChI=1S/C24H20N2O6/c1-32-24(29)25(21(14-22(27)28)15-7-6-8-16(13-15)26(30)31)23-19-11-4-2-9-17(19)18-10-3-5-12-20(18)23/h2-13,21,23H,14H2,1H3,(H,27,28)/t21-/m0/s1. The van der Waals surface area contributed by atoms with Crippen molar-refractivity contribution in [3.05, 3.63) is 99.6 Å². The maximum absolute atomic E-state index is 13.1. The van der Waals surface area contributed by atoms with Crippen molar-refractivity contribution in [2.45, 2.75) is 18.5 Å². The molecule has 0 bridgehead atoms. The predicted octanol–water partition coefficient (Wildman–Crippen LogP) is 4.95. The third-order valence-corrected chi connectivity index (χ3v) is 5.63. The van der Waals surface area contributed by atoms with E-state index in [2.05, 4.69) is 0 Å². The van der Waals surface area contributed by atoms with Gasteiger partial charge in [-0.1, -0.05) is 60.7 Å².